The molecule has 0 radical (unpaired) electrons. The van der Waals surface area contributed by atoms with Crippen molar-refractivity contribution in [2.45, 2.75) is 18.0 Å². The third kappa shape index (κ3) is 2.82. The molecule has 1 atom stereocenters. The topological polar surface area (TPSA) is 32.3 Å². The van der Waals surface area contributed by atoms with E-state index in [9.17, 15) is 0 Å². The molecule has 0 heterocycles. The third-order valence-electron chi connectivity index (χ3n) is 1.24. The minimum absolute atomic E-state index is 0.513. The number of aliphatic hydroxyl groups is 1. The van der Waals surface area contributed by atoms with Gasteiger partial charge in [-0.15, -0.1) is 12.6 Å². The van der Waals surface area contributed by atoms with Gasteiger partial charge in [-0.05, 0) is 31.2 Å². The highest BCUT2D eigenvalue weighted by atomic mass is 32.1. The van der Waals surface area contributed by atoms with E-state index < -0.39 is 6.23 Å². The summed E-state index contributed by atoms with van der Waals surface area (Å²) in [4.78, 5) is 0.918. The van der Waals surface area contributed by atoms with Crippen LogP contribution in [0.15, 0.2) is 29.2 Å². The van der Waals surface area contributed by atoms with Crippen LogP contribution in [0.1, 0.15) is 6.92 Å². The number of nitrogens with one attached hydrogen (secondary N) is 1. The van der Waals surface area contributed by atoms with Gasteiger partial charge >= 0.3 is 0 Å². The molecule has 0 aliphatic carbocycles. The van der Waals surface area contributed by atoms with E-state index in [1.807, 2.05) is 24.3 Å². The Morgan fingerprint density at radius 2 is 1.91 bits per heavy atom. The molecule has 3 heteroatoms. The van der Waals surface area contributed by atoms with Crippen molar-refractivity contribution in [3.05, 3.63) is 24.3 Å². The SMILES string of the molecule is CC(O)Nc1ccc(S)cc1. The van der Waals surface area contributed by atoms with Crippen LogP contribution in [0, 0.1) is 0 Å². The lowest BCUT2D eigenvalue weighted by atomic mass is 10.3. The number of thiol groups is 1. The van der Waals surface area contributed by atoms with Crippen LogP contribution in [-0.4, -0.2) is 11.3 Å². The molecule has 0 saturated heterocycles. The number of anilines is 1. The maximum Gasteiger partial charge on any atom is 0.121 e. The van der Waals surface area contributed by atoms with Gasteiger partial charge in [-0.3, -0.25) is 0 Å². The molecule has 0 aromatic heterocycles. The molecule has 1 aromatic rings. The van der Waals surface area contributed by atoms with Crippen molar-refractivity contribution in [3.8, 4) is 0 Å². The molecule has 0 aliphatic heterocycles. The Hall–Kier alpha value is -0.670. The molecule has 1 unspecified atom stereocenters. The minimum Gasteiger partial charge on any atom is -0.374 e. The first kappa shape index (κ1) is 8.43. The van der Waals surface area contributed by atoms with E-state index in [1.165, 1.54) is 0 Å². The molecular weight excluding hydrogens is 158 g/mol. The molecule has 11 heavy (non-hydrogen) atoms. The van der Waals surface area contributed by atoms with Gasteiger partial charge in [0.1, 0.15) is 6.23 Å². The van der Waals surface area contributed by atoms with E-state index in [0.717, 1.165) is 10.6 Å². The molecule has 0 amide bonds. The summed E-state index contributed by atoms with van der Waals surface area (Å²) in [6, 6.07) is 7.48. The number of hydrogen-bond donors (Lipinski definition) is 3. The molecule has 0 saturated carbocycles. The Morgan fingerprint density at radius 3 is 2.36 bits per heavy atom. The summed E-state index contributed by atoms with van der Waals surface area (Å²) in [5.74, 6) is 0. The highest BCUT2D eigenvalue weighted by Gasteiger charge is 1.93. The fourth-order valence-corrected chi connectivity index (χ4v) is 0.948. The zero-order chi connectivity index (χ0) is 8.27. The van der Waals surface area contributed by atoms with Crippen LogP contribution < -0.4 is 5.32 Å². The Kier molecular flexibility index (Phi) is 2.79. The van der Waals surface area contributed by atoms with E-state index in [-0.39, 0.29) is 0 Å². The predicted molar refractivity (Wildman–Crippen MR) is 49.0 cm³/mol. The van der Waals surface area contributed by atoms with Gasteiger partial charge in [0.05, 0.1) is 0 Å². The molecule has 0 fully saturated rings. The van der Waals surface area contributed by atoms with Gasteiger partial charge in [0.25, 0.3) is 0 Å². The van der Waals surface area contributed by atoms with Crippen LogP contribution in [0.4, 0.5) is 5.69 Å². The second-order valence-corrected chi connectivity index (χ2v) is 2.88. The first-order valence-corrected chi connectivity index (χ1v) is 3.87. The normalized spacial score (nSPS) is 12.6. The summed E-state index contributed by atoms with van der Waals surface area (Å²) < 4.78 is 0. The van der Waals surface area contributed by atoms with Gasteiger partial charge in [-0.25, -0.2) is 0 Å². The summed E-state index contributed by atoms with van der Waals surface area (Å²) >= 11 is 4.13. The molecule has 1 aromatic carbocycles. The average molecular weight is 169 g/mol. The monoisotopic (exact) mass is 169 g/mol. The summed E-state index contributed by atoms with van der Waals surface area (Å²) in [6.45, 7) is 1.68. The fourth-order valence-electron chi connectivity index (χ4n) is 0.799. The fraction of sp³-hybridized carbons (Fsp3) is 0.250. The number of rotatable bonds is 2. The summed E-state index contributed by atoms with van der Waals surface area (Å²) in [5.41, 5.74) is 0.901. The summed E-state index contributed by atoms with van der Waals surface area (Å²) in [6.07, 6.45) is -0.513. The first-order valence-electron chi connectivity index (χ1n) is 3.42. The summed E-state index contributed by atoms with van der Waals surface area (Å²) in [5, 5.41) is 11.8. The second kappa shape index (κ2) is 3.64. The zero-order valence-electron chi connectivity index (χ0n) is 6.28. The van der Waals surface area contributed by atoms with Crippen molar-refractivity contribution >= 4 is 18.3 Å². The van der Waals surface area contributed by atoms with Crippen LogP contribution in [0.25, 0.3) is 0 Å². The largest absolute Gasteiger partial charge is 0.374 e. The van der Waals surface area contributed by atoms with Gasteiger partial charge in [0.15, 0.2) is 0 Å². The minimum atomic E-state index is -0.513. The van der Waals surface area contributed by atoms with Crippen molar-refractivity contribution in [3.63, 3.8) is 0 Å². The molecule has 2 nitrogen and oxygen atoms in total. The number of benzene rings is 1. The van der Waals surface area contributed by atoms with E-state index in [4.69, 9.17) is 5.11 Å². The lowest BCUT2D eigenvalue weighted by Crippen LogP contribution is -2.12. The predicted octanol–water partition coefficient (Wildman–Crippen LogP) is 1.73. The maximum absolute atomic E-state index is 8.94. The van der Waals surface area contributed by atoms with Crippen molar-refractivity contribution in [2.24, 2.45) is 0 Å². The van der Waals surface area contributed by atoms with Gasteiger partial charge < -0.3 is 10.4 Å². The first-order chi connectivity index (χ1) is 5.18. The van der Waals surface area contributed by atoms with Crippen LogP contribution in [0.5, 0.6) is 0 Å². The number of aliphatic hydroxyl groups excluding tert-OH is 1. The van der Waals surface area contributed by atoms with Crippen molar-refractivity contribution in [2.75, 3.05) is 5.32 Å². The van der Waals surface area contributed by atoms with Crippen molar-refractivity contribution in [1.29, 1.82) is 0 Å². The molecule has 1 rings (SSSR count). The Labute approximate surface area is 71.7 Å². The lowest BCUT2D eigenvalue weighted by molar-refractivity contribution is 0.224. The zero-order valence-corrected chi connectivity index (χ0v) is 7.18. The quantitative estimate of drug-likeness (QED) is 0.465. The Morgan fingerprint density at radius 1 is 1.36 bits per heavy atom. The average Bonchev–Trinajstić information content (AvgIpc) is 1.93. The summed E-state index contributed by atoms with van der Waals surface area (Å²) in [7, 11) is 0. The van der Waals surface area contributed by atoms with E-state index in [0.29, 0.717) is 0 Å². The van der Waals surface area contributed by atoms with E-state index in [2.05, 4.69) is 17.9 Å². The molecule has 0 spiro atoms. The van der Waals surface area contributed by atoms with Crippen molar-refractivity contribution in [1.82, 2.24) is 0 Å². The molecule has 0 bridgehead atoms. The third-order valence-corrected chi connectivity index (χ3v) is 1.54. The lowest BCUT2D eigenvalue weighted by Gasteiger charge is -2.08. The van der Waals surface area contributed by atoms with Gasteiger partial charge in [0, 0.05) is 10.6 Å². The highest BCUT2D eigenvalue weighted by Crippen LogP contribution is 2.12. The molecule has 0 aliphatic rings. The van der Waals surface area contributed by atoms with Gasteiger partial charge in [0.2, 0.25) is 0 Å². The van der Waals surface area contributed by atoms with Crippen LogP contribution in [0.3, 0.4) is 0 Å². The van der Waals surface area contributed by atoms with E-state index in [1.54, 1.807) is 6.92 Å². The standard InChI is InChI=1S/C8H11NOS/c1-6(10)9-7-2-4-8(11)5-3-7/h2-6,9-11H,1H3. The Balaban J connectivity index is 2.66. The maximum atomic E-state index is 8.94. The molecular formula is C8H11NOS. The van der Waals surface area contributed by atoms with E-state index >= 15 is 0 Å². The second-order valence-electron chi connectivity index (χ2n) is 2.37. The van der Waals surface area contributed by atoms with Crippen LogP contribution in [0.2, 0.25) is 0 Å². The highest BCUT2D eigenvalue weighted by molar-refractivity contribution is 7.80. The number of hydrogen-bond acceptors (Lipinski definition) is 3. The van der Waals surface area contributed by atoms with Crippen LogP contribution in [-0.2, 0) is 0 Å². The Bertz CT molecular complexity index is 220. The van der Waals surface area contributed by atoms with Crippen molar-refractivity contribution < 1.29 is 5.11 Å². The van der Waals surface area contributed by atoms with Gasteiger partial charge in [-0.2, -0.15) is 0 Å². The van der Waals surface area contributed by atoms with Gasteiger partial charge in [-0.1, -0.05) is 0 Å². The smallest absolute Gasteiger partial charge is 0.121 e. The molecule has 2 N–H and O–H groups in total. The van der Waals surface area contributed by atoms with Crippen LogP contribution >= 0.6 is 12.6 Å². The molecule has 60 valence electrons.